The molecule has 0 saturated heterocycles. The minimum Gasteiger partial charge on any atom is -0.348 e. The van der Waals surface area contributed by atoms with E-state index < -0.39 is 29.7 Å². The van der Waals surface area contributed by atoms with Gasteiger partial charge in [0.25, 0.3) is 35.4 Å². The van der Waals surface area contributed by atoms with E-state index in [2.05, 4.69) is 41.2 Å². The van der Waals surface area contributed by atoms with Crippen molar-refractivity contribution < 1.29 is 59.2 Å². The van der Waals surface area contributed by atoms with Crippen molar-refractivity contribution in [2.24, 2.45) is 18.4 Å². The maximum Gasteiger partial charge on any atom is 0.277 e. The van der Waals surface area contributed by atoms with E-state index in [4.69, 9.17) is 20.8 Å². The van der Waals surface area contributed by atoms with Gasteiger partial charge in [-0.15, -0.1) is 0 Å². The molecule has 8 aromatic rings. The zero-order valence-electron chi connectivity index (χ0n) is 57.1. The van der Waals surface area contributed by atoms with Crippen molar-refractivity contribution in [1.82, 2.24) is 77.5 Å². The maximum absolute atomic E-state index is 13.1. The average molecular weight is 1340 g/mol. The molecule has 0 radical (unpaired) electrons. The van der Waals surface area contributed by atoms with Crippen LogP contribution >= 0.6 is 0 Å². The Balaban J connectivity index is 0.000000239. The van der Waals surface area contributed by atoms with Crippen LogP contribution in [0.1, 0.15) is 177 Å². The fraction of sp³-hybridized carbons (Fsp3) is 0.324. The monoisotopic (exact) mass is 1340 g/mol. The number of rotatable bonds is 23. The molecule has 0 saturated carbocycles. The Kier molecular flexibility index (Phi) is 30.4. The number of nitrogens with zero attached hydrogens (tertiary/aromatic N) is 7. The molecule has 0 bridgehead atoms. The van der Waals surface area contributed by atoms with Crippen LogP contribution in [-0.2, 0) is 16.6 Å². The second kappa shape index (κ2) is 38.2. The van der Waals surface area contributed by atoms with E-state index in [9.17, 15) is 38.4 Å². The molecular formula is C71H89N15O12. The number of likely N-dealkylation sites (N-methyl/N-ethyl adjacent to an activating group) is 2. The summed E-state index contributed by atoms with van der Waals surface area (Å²) < 4.78 is 1.89. The van der Waals surface area contributed by atoms with Crippen molar-refractivity contribution >= 4 is 58.2 Å². The Hall–Kier alpha value is -10.7. The summed E-state index contributed by atoms with van der Waals surface area (Å²) in [5, 5.41) is 47.6. The van der Waals surface area contributed by atoms with Gasteiger partial charge in [0.05, 0.1) is 54.1 Å². The first-order chi connectivity index (χ1) is 46.7. The van der Waals surface area contributed by atoms with E-state index in [1.165, 1.54) is 36.3 Å². The van der Waals surface area contributed by atoms with E-state index in [1.807, 2.05) is 161 Å². The quantitative estimate of drug-likeness (QED) is 0.0212. The molecule has 0 spiro atoms. The molecule has 520 valence electrons. The van der Waals surface area contributed by atoms with Crippen LogP contribution < -0.4 is 43.2 Å². The summed E-state index contributed by atoms with van der Waals surface area (Å²) >= 11 is 0. The lowest BCUT2D eigenvalue weighted by Crippen LogP contribution is -2.37. The van der Waals surface area contributed by atoms with E-state index in [-0.39, 0.29) is 70.8 Å². The predicted octanol–water partition coefficient (Wildman–Crippen LogP) is 8.25. The molecule has 4 heterocycles. The number of fused-ring (bicyclic) bond motifs is 1. The number of aryl methyl sites for hydroxylation is 1. The minimum atomic E-state index is -0.694. The van der Waals surface area contributed by atoms with E-state index in [0.717, 1.165) is 46.0 Å². The number of nitrogens with one attached hydrogen (secondary N) is 8. The SMILES string of the molecule is CC(C)[C@H](NC(=O)c1ccc(-c2ccccc2)cc1)c1ncc(C(=O)NO)cn1.CCC[C@H](NC(=O)CN(C)C)c1cc(C(=O)NO)ccn1.CC[C@H](NC(=O)CN(C)C)c1cncc(C(=O)NO)c1.Cn1c(C(=O)N[C@H](c2ccc(C(=O)NO)cc2)C(C)(C)C)cc2ccccc21. The van der Waals surface area contributed by atoms with Gasteiger partial charge in [0.1, 0.15) is 5.69 Å². The lowest BCUT2D eigenvalue weighted by Gasteiger charge is -2.32. The number of hydrogen-bond acceptors (Lipinski definition) is 18. The first-order valence-corrected chi connectivity index (χ1v) is 31.5. The van der Waals surface area contributed by atoms with Gasteiger partial charge >= 0.3 is 0 Å². The van der Waals surface area contributed by atoms with Crippen molar-refractivity contribution in [3.63, 3.8) is 0 Å². The summed E-state index contributed by atoms with van der Waals surface area (Å²) in [5.74, 6) is -2.67. The summed E-state index contributed by atoms with van der Waals surface area (Å²) in [7, 11) is 9.14. The average Bonchev–Trinajstić information content (AvgIpc) is 1.60. The van der Waals surface area contributed by atoms with Crippen LogP contribution in [0, 0.1) is 11.3 Å². The molecule has 4 atom stereocenters. The third-order valence-electron chi connectivity index (χ3n) is 15.1. The molecule has 27 nitrogen and oxygen atoms in total. The summed E-state index contributed by atoms with van der Waals surface area (Å²) in [6.45, 7) is 14.6. The summed E-state index contributed by atoms with van der Waals surface area (Å²) in [6.07, 6.45) is 9.31. The van der Waals surface area contributed by atoms with Gasteiger partial charge < -0.3 is 35.6 Å². The number of pyridine rings is 2. The number of hydrogen-bond donors (Lipinski definition) is 12. The Morgan fingerprint density at radius 3 is 1.57 bits per heavy atom. The number of hydroxylamine groups is 4. The number of para-hydroxylation sites is 1. The third-order valence-corrected chi connectivity index (χ3v) is 15.1. The first kappa shape index (κ1) is 78.0. The Morgan fingerprint density at radius 2 is 1.03 bits per heavy atom. The van der Waals surface area contributed by atoms with Gasteiger partial charge in [0.15, 0.2) is 5.82 Å². The highest BCUT2D eigenvalue weighted by molar-refractivity contribution is 5.99. The van der Waals surface area contributed by atoms with Crippen LogP contribution in [0.25, 0.3) is 22.0 Å². The molecular weight excluding hydrogens is 1250 g/mol. The maximum atomic E-state index is 13.1. The summed E-state index contributed by atoms with van der Waals surface area (Å²) in [5.41, 5.74) is 13.5. The first-order valence-electron chi connectivity index (χ1n) is 31.5. The van der Waals surface area contributed by atoms with E-state index in [1.54, 1.807) is 81.0 Å². The fourth-order valence-electron chi connectivity index (χ4n) is 10.0. The molecule has 0 aliphatic rings. The van der Waals surface area contributed by atoms with Crippen molar-refractivity contribution in [1.29, 1.82) is 0 Å². The number of benzene rings is 4. The van der Waals surface area contributed by atoms with Crippen molar-refractivity contribution in [2.45, 2.75) is 91.9 Å². The molecule has 0 aliphatic heterocycles. The molecule has 8 amide bonds. The molecule has 0 unspecified atom stereocenters. The van der Waals surface area contributed by atoms with Gasteiger partial charge in [-0.3, -0.25) is 69.2 Å². The van der Waals surface area contributed by atoms with Crippen molar-refractivity contribution in [3.8, 4) is 11.1 Å². The van der Waals surface area contributed by atoms with Crippen molar-refractivity contribution in [2.75, 3.05) is 41.3 Å². The predicted molar refractivity (Wildman–Crippen MR) is 368 cm³/mol. The largest absolute Gasteiger partial charge is 0.348 e. The summed E-state index contributed by atoms with van der Waals surface area (Å²) in [4.78, 5) is 115. The molecule has 12 N–H and O–H groups in total. The van der Waals surface area contributed by atoms with Crippen LogP contribution in [0.5, 0.6) is 0 Å². The van der Waals surface area contributed by atoms with Gasteiger partial charge in [0, 0.05) is 65.6 Å². The lowest BCUT2D eigenvalue weighted by atomic mass is 9.82. The van der Waals surface area contributed by atoms with Crippen LogP contribution in [0.15, 0.2) is 158 Å². The normalized spacial score (nSPS) is 12.1. The second-order valence-electron chi connectivity index (χ2n) is 24.7. The molecule has 8 rings (SSSR count). The minimum absolute atomic E-state index is 0.0278. The van der Waals surface area contributed by atoms with Gasteiger partial charge in [0.2, 0.25) is 11.8 Å². The van der Waals surface area contributed by atoms with Crippen LogP contribution in [0.3, 0.4) is 0 Å². The molecule has 98 heavy (non-hydrogen) atoms. The topological polar surface area (TPSA) is 377 Å². The second-order valence-corrected chi connectivity index (χ2v) is 24.7. The zero-order valence-corrected chi connectivity index (χ0v) is 57.1. The Morgan fingerprint density at radius 1 is 0.510 bits per heavy atom. The third kappa shape index (κ3) is 23.3. The van der Waals surface area contributed by atoms with Gasteiger partial charge in [-0.1, -0.05) is 128 Å². The molecule has 27 heteroatoms. The van der Waals surface area contributed by atoms with Gasteiger partial charge in [-0.05, 0) is 129 Å². The highest BCUT2D eigenvalue weighted by atomic mass is 16.5. The Bertz CT molecular complexity index is 3940. The van der Waals surface area contributed by atoms with E-state index in [0.29, 0.717) is 46.9 Å². The van der Waals surface area contributed by atoms with E-state index >= 15 is 0 Å². The molecule has 0 aliphatic carbocycles. The zero-order chi connectivity index (χ0) is 72.2. The van der Waals surface area contributed by atoms with Gasteiger partial charge in [-0.25, -0.2) is 31.9 Å². The highest BCUT2D eigenvalue weighted by Gasteiger charge is 2.30. The highest BCUT2D eigenvalue weighted by Crippen LogP contribution is 2.34. The number of aromatic nitrogens is 5. The standard InChI is InChI=1S/C22H22N4O3.C22H25N3O3.C14H22N4O3.C13H20N4O3/c1-14(2)19(20-23-12-18(13-24-20)22(28)26-29)25-21(27)17-10-8-16(9-11-17)15-6-4-3-5-7-15;1-22(2,3)19(14-9-11-15(12-10-14)20(26)24-28)23-21(27)18-13-16-7-5-6-8-17(16)25(18)4;1-4-5-11(16-13(19)9-18(2)3)12-8-10(6-7-15-12)14(20)17-21;1-4-11(15-12(18)8-17(2)3)9-5-10(7-14-6-9)13(19)16-20/h3-14,19,29H,1-2H3,(H,25,27)(H,26,28);5-13,19,28H,1-4H3,(H,23,27)(H,24,26);6-8,11,21H,4-5,9H2,1-3H3,(H,16,19)(H,17,20);5-7,11,20H,4,8H2,1-3H3,(H,15,18)(H,16,19)/t2*19-;2*11-/m0100/s1. The molecule has 0 fully saturated rings. The molecule has 4 aromatic heterocycles. The summed E-state index contributed by atoms with van der Waals surface area (Å²) in [6, 6.07) is 37.4. The number of amides is 8. The lowest BCUT2D eigenvalue weighted by molar-refractivity contribution is -0.123. The Labute approximate surface area is 569 Å². The number of carbonyl (C=O) groups is 8. The smallest absolute Gasteiger partial charge is 0.277 e. The van der Waals surface area contributed by atoms with Crippen LogP contribution in [-0.4, -0.2) is 144 Å². The van der Waals surface area contributed by atoms with Gasteiger partial charge in [-0.2, -0.15) is 0 Å². The van der Waals surface area contributed by atoms with Crippen molar-refractivity contribution in [3.05, 3.63) is 215 Å². The van der Waals surface area contributed by atoms with Crippen LogP contribution in [0.2, 0.25) is 0 Å². The fourth-order valence-corrected chi connectivity index (χ4v) is 10.0. The molecule has 4 aromatic carbocycles. The number of carbonyl (C=O) groups excluding carboxylic acids is 8. The van der Waals surface area contributed by atoms with Crippen LogP contribution in [0.4, 0.5) is 0 Å².